The summed E-state index contributed by atoms with van der Waals surface area (Å²) in [6.45, 7) is 3.77. The molecule has 5 rings (SSSR count). The highest BCUT2D eigenvalue weighted by Gasteiger charge is 2.19. The number of benzene rings is 2. The summed E-state index contributed by atoms with van der Waals surface area (Å²) in [6, 6.07) is 16.9. The fourth-order valence-electron chi connectivity index (χ4n) is 4.62. The molecule has 0 fully saturated rings. The Morgan fingerprint density at radius 3 is 2.40 bits per heavy atom. The average molecular weight is 535 g/mol. The first-order valence-corrected chi connectivity index (χ1v) is 12.6. The van der Waals surface area contributed by atoms with Gasteiger partial charge in [0.2, 0.25) is 0 Å². The summed E-state index contributed by atoms with van der Waals surface area (Å²) in [5, 5.41) is 16.4. The van der Waals surface area contributed by atoms with E-state index in [1.54, 1.807) is 19.1 Å². The van der Waals surface area contributed by atoms with Gasteiger partial charge in [0.15, 0.2) is 0 Å². The number of nitriles is 1. The van der Waals surface area contributed by atoms with E-state index in [4.69, 9.17) is 5.73 Å². The molecule has 9 nitrogen and oxygen atoms in total. The molecule has 0 aliphatic heterocycles. The Labute approximate surface area is 230 Å². The number of hydrogen-bond acceptors (Lipinski definition) is 7. The summed E-state index contributed by atoms with van der Waals surface area (Å²) in [5.41, 5.74) is 11.0. The molecule has 0 unspecified atom stereocenters. The third-order valence-corrected chi connectivity index (χ3v) is 6.84. The first-order chi connectivity index (χ1) is 19.2. The van der Waals surface area contributed by atoms with Gasteiger partial charge in [-0.15, -0.1) is 0 Å². The van der Waals surface area contributed by atoms with E-state index in [1.165, 1.54) is 30.7 Å². The van der Waals surface area contributed by atoms with Crippen molar-refractivity contribution in [2.24, 2.45) is 7.05 Å². The van der Waals surface area contributed by atoms with Crippen molar-refractivity contribution in [1.82, 2.24) is 24.8 Å². The second-order valence-electron chi connectivity index (χ2n) is 9.58. The first kappa shape index (κ1) is 26.3. The van der Waals surface area contributed by atoms with Crippen LogP contribution in [0.15, 0.2) is 73.3 Å². The predicted molar refractivity (Wildman–Crippen MR) is 152 cm³/mol. The fraction of sp³-hybridized carbons (Fsp3) is 0.167. The molecule has 2 aromatic carbocycles. The third kappa shape index (κ3) is 5.17. The molecule has 0 bridgehead atoms. The number of nitrogen functional groups attached to an aromatic ring is 1. The molecule has 3 heterocycles. The minimum atomic E-state index is -0.401. The molecule has 2 atom stereocenters. The largest absolute Gasteiger partial charge is 0.383 e. The van der Waals surface area contributed by atoms with Crippen molar-refractivity contribution in [1.29, 1.82) is 5.26 Å². The Morgan fingerprint density at radius 1 is 1.02 bits per heavy atom. The number of aromatic nitrogens is 4. The van der Waals surface area contributed by atoms with Gasteiger partial charge in [0.25, 0.3) is 5.91 Å². The quantitative estimate of drug-likeness (QED) is 0.258. The number of aryl methyl sites for hydroxylation is 1. The van der Waals surface area contributed by atoms with Crippen molar-refractivity contribution in [2.45, 2.75) is 25.9 Å². The number of hydrogen-bond donors (Lipinski definition) is 3. The lowest BCUT2D eigenvalue weighted by Gasteiger charge is -2.19. The molecule has 4 N–H and O–H groups in total. The topological polar surface area (TPSA) is 135 Å². The number of nitrogens with two attached hydrogens (primary N) is 1. The number of fused-ring (bicyclic) bond motifs is 1. The van der Waals surface area contributed by atoms with Crippen LogP contribution in [0.25, 0.3) is 22.2 Å². The lowest BCUT2D eigenvalue weighted by molar-refractivity contribution is 0.0940. The fourth-order valence-corrected chi connectivity index (χ4v) is 4.62. The van der Waals surface area contributed by atoms with E-state index >= 15 is 0 Å². The summed E-state index contributed by atoms with van der Waals surface area (Å²) in [4.78, 5) is 26.1. The Bertz CT molecular complexity index is 1740. The SMILES string of the molecule is C[C@H](NC(=O)c1cc(C#N)cnc1N[C@H](C)c1ccc(-c2cn(C)c3ncnc(N)c23)cc1)c1ccc(F)cc1. The molecule has 0 aliphatic carbocycles. The number of amides is 1. The molecule has 3 aromatic heterocycles. The molecule has 1 amide bonds. The molecule has 40 heavy (non-hydrogen) atoms. The van der Waals surface area contributed by atoms with Crippen molar-refractivity contribution in [2.75, 3.05) is 11.1 Å². The van der Waals surface area contributed by atoms with Crippen LogP contribution in [0.4, 0.5) is 16.0 Å². The van der Waals surface area contributed by atoms with Crippen LogP contribution in [0, 0.1) is 17.1 Å². The van der Waals surface area contributed by atoms with Gasteiger partial charge in [-0.1, -0.05) is 36.4 Å². The molecule has 0 spiro atoms. The minimum absolute atomic E-state index is 0.212. The van der Waals surface area contributed by atoms with Crippen LogP contribution in [0.1, 0.15) is 53.0 Å². The molecule has 0 saturated carbocycles. The van der Waals surface area contributed by atoms with Crippen molar-refractivity contribution >= 4 is 28.6 Å². The lowest BCUT2D eigenvalue weighted by Crippen LogP contribution is -2.28. The number of carbonyl (C=O) groups is 1. The lowest BCUT2D eigenvalue weighted by atomic mass is 10.0. The van der Waals surface area contributed by atoms with Crippen LogP contribution in [0.3, 0.4) is 0 Å². The highest BCUT2D eigenvalue weighted by atomic mass is 19.1. The molecule has 5 aromatic rings. The van der Waals surface area contributed by atoms with Crippen LogP contribution in [-0.4, -0.2) is 25.4 Å². The normalized spacial score (nSPS) is 12.5. The van der Waals surface area contributed by atoms with E-state index in [1.807, 2.05) is 55.1 Å². The van der Waals surface area contributed by atoms with Crippen molar-refractivity contribution < 1.29 is 9.18 Å². The van der Waals surface area contributed by atoms with Gasteiger partial charge >= 0.3 is 0 Å². The van der Waals surface area contributed by atoms with Gasteiger partial charge in [-0.05, 0) is 48.7 Å². The van der Waals surface area contributed by atoms with E-state index in [-0.39, 0.29) is 29.0 Å². The van der Waals surface area contributed by atoms with Gasteiger partial charge < -0.3 is 20.9 Å². The Hall–Kier alpha value is -5.30. The van der Waals surface area contributed by atoms with Crippen molar-refractivity contribution in [3.8, 4) is 17.2 Å². The zero-order valence-corrected chi connectivity index (χ0v) is 22.2. The molecular formula is C30H27FN8O. The van der Waals surface area contributed by atoms with E-state index in [9.17, 15) is 14.4 Å². The summed E-state index contributed by atoms with van der Waals surface area (Å²) < 4.78 is 15.2. The van der Waals surface area contributed by atoms with E-state index in [0.29, 0.717) is 11.6 Å². The molecule has 200 valence electrons. The van der Waals surface area contributed by atoms with Crippen LogP contribution in [0.5, 0.6) is 0 Å². The van der Waals surface area contributed by atoms with E-state index < -0.39 is 5.91 Å². The summed E-state index contributed by atoms with van der Waals surface area (Å²) in [5.74, 6) is 0.0173. The maximum Gasteiger partial charge on any atom is 0.255 e. The Balaban J connectivity index is 1.37. The van der Waals surface area contributed by atoms with Crippen LogP contribution < -0.4 is 16.4 Å². The van der Waals surface area contributed by atoms with Crippen molar-refractivity contribution in [3.63, 3.8) is 0 Å². The Kier molecular flexibility index (Phi) is 7.12. The molecule has 0 saturated heterocycles. The zero-order valence-electron chi connectivity index (χ0n) is 22.2. The molecule has 0 radical (unpaired) electrons. The van der Waals surface area contributed by atoms with E-state index in [0.717, 1.165) is 33.3 Å². The number of nitrogens with zero attached hydrogens (tertiary/aromatic N) is 5. The van der Waals surface area contributed by atoms with Crippen LogP contribution >= 0.6 is 0 Å². The maximum atomic E-state index is 13.3. The van der Waals surface area contributed by atoms with Gasteiger partial charge in [-0.3, -0.25) is 4.79 Å². The number of nitrogens with one attached hydrogen (secondary N) is 2. The van der Waals surface area contributed by atoms with Gasteiger partial charge in [0, 0.05) is 31.0 Å². The minimum Gasteiger partial charge on any atom is -0.383 e. The standard InChI is InChI=1S/C30H27FN8O/c1-17(20-4-6-22(7-5-20)25-15-39(3)29-26(25)27(33)35-16-36-29)37-28-24(12-19(13-32)14-34-28)30(40)38-18(2)21-8-10-23(31)11-9-21/h4-12,14-18H,1-3H3,(H,34,37)(H,38,40)(H2,33,35,36)/t17-,18+/m1/s1. The number of anilines is 2. The Morgan fingerprint density at radius 2 is 1.70 bits per heavy atom. The maximum absolute atomic E-state index is 13.3. The van der Waals surface area contributed by atoms with Gasteiger partial charge in [-0.25, -0.2) is 19.3 Å². The van der Waals surface area contributed by atoms with Crippen LogP contribution in [-0.2, 0) is 7.05 Å². The number of pyridine rings is 1. The molecule has 10 heteroatoms. The zero-order chi connectivity index (χ0) is 28.4. The number of carbonyl (C=O) groups excluding carboxylic acids is 1. The summed E-state index contributed by atoms with van der Waals surface area (Å²) in [7, 11) is 1.91. The predicted octanol–water partition coefficient (Wildman–Crippen LogP) is 5.29. The van der Waals surface area contributed by atoms with Gasteiger partial charge in [-0.2, -0.15) is 5.26 Å². The van der Waals surface area contributed by atoms with E-state index in [2.05, 4.69) is 25.6 Å². The van der Waals surface area contributed by atoms with Gasteiger partial charge in [0.1, 0.15) is 35.5 Å². The van der Waals surface area contributed by atoms with Crippen molar-refractivity contribution in [3.05, 3.63) is 101 Å². The second kappa shape index (κ2) is 10.8. The second-order valence-corrected chi connectivity index (χ2v) is 9.58. The van der Waals surface area contributed by atoms with Gasteiger partial charge in [0.05, 0.1) is 22.6 Å². The smallest absolute Gasteiger partial charge is 0.255 e. The van der Waals surface area contributed by atoms with Crippen LogP contribution in [0.2, 0.25) is 0 Å². The molecule has 0 aliphatic rings. The third-order valence-electron chi connectivity index (χ3n) is 6.84. The highest BCUT2D eigenvalue weighted by molar-refractivity contribution is 6.01. The number of halogens is 1. The molecular weight excluding hydrogens is 507 g/mol. The monoisotopic (exact) mass is 534 g/mol. The number of rotatable bonds is 7. The average Bonchev–Trinajstić information content (AvgIpc) is 3.31. The first-order valence-electron chi connectivity index (χ1n) is 12.6. The highest BCUT2D eigenvalue weighted by Crippen LogP contribution is 2.33. The summed E-state index contributed by atoms with van der Waals surface area (Å²) in [6.07, 6.45) is 4.85. The summed E-state index contributed by atoms with van der Waals surface area (Å²) >= 11 is 0.